The standard InChI is InChI=1S/C18H23NO2/c1-14-5-7-16(8-6-14)13-21-17-10-9-15(4-3-11-19)12-18(17)20-2/h5-10,12H,3-4,11,13,19H2,1-2H3. The van der Waals surface area contributed by atoms with E-state index in [0.29, 0.717) is 13.2 Å². The van der Waals surface area contributed by atoms with Gasteiger partial charge in [-0.15, -0.1) is 0 Å². The minimum atomic E-state index is 0.540. The summed E-state index contributed by atoms with van der Waals surface area (Å²) in [6, 6.07) is 14.4. The van der Waals surface area contributed by atoms with Crippen LogP contribution in [-0.2, 0) is 13.0 Å². The van der Waals surface area contributed by atoms with E-state index in [4.69, 9.17) is 15.2 Å². The number of methoxy groups -OCH3 is 1. The quantitative estimate of drug-likeness (QED) is 0.847. The van der Waals surface area contributed by atoms with Crippen LogP contribution in [0.2, 0.25) is 0 Å². The van der Waals surface area contributed by atoms with Gasteiger partial charge in [0.25, 0.3) is 0 Å². The van der Waals surface area contributed by atoms with Crippen molar-refractivity contribution < 1.29 is 9.47 Å². The Morgan fingerprint density at radius 1 is 0.952 bits per heavy atom. The lowest BCUT2D eigenvalue weighted by Gasteiger charge is -2.12. The Balaban J connectivity index is 2.03. The fraction of sp³-hybridized carbons (Fsp3) is 0.333. The smallest absolute Gasteiger partial charge is 0.161 e. The summed E-state index contributed by atoms with van der Waals surface area (Å²) in [5.41, 5.74) is 9.16. The summed E-state index contributed by atoms with van der Waals surface area (Å²) in [6.07, 6.45) is 1.94. The molecule has 2 aromatic carbocycles. The molecule has 0 aliphatic rings. The molecule has 0 bridgehead atoms. The monoisotopic (exact) mass is 285 g/mol. The van der Waals surface area contributed by atoms with Crippen LogP contribution in [0.4, 0.5) is 0 Å². The molecule has 0 saturated heterocycles. The van der Waals surface area contributed by atoms with Crippen molar-refractivity contribution in [1.29, 1.82) is 0 Å². The molecule has 112 valence electrons. The molecule has 0 atom stereocenters. The maximum Gasteiger partial charge on any atom is 0.161 e. The molecule has 2 N–H and O–H groups in total. The third-order valence-electron chi connectivity index (χ3n) is 3.41. The molecule has 3 nitrogen and oxygen atoms in total. The van der Waals surface area contributed by atoms with Crippen molar-refractivity contribution in [1.82, 2.24) is 0 Å². The molecule has 0 aliphatic heterocycles. The largest absolute Gasteiger partial charge is 0.493 e. The highest BCUT2D eigenvalue weighted by atomic mass is 16.5. The summed E-state index contributed by atoms with van der Waals surface area (Å²) in [5.74, 6) is 1.55. The maximum absolute atomic E-state index is 5.86. The summed E-state index contributed by atoms with van der Waals surface area (Å²) < 4.78 is 11.3. The van der Waals surface area contributed by atoms with Crippen LogP contribution in [-0.4, -0.2) is 13.7 Å². The van der Waals surface area contributed by atoms with E-state index in [-0.39, 0.29) is 0 Å². The Labute approximate surface area is 126 Å². The van der Waals surface area contributed by atoms with Gasteiger partial charge in [-0.2, -0.15) is 0 Å². The topological polar surface area (TPSA) is 44.5 Å². The SMILES string of the molecule is COc1cc(CCCN)ccc1OCc1ccc(C)cc1. The molecule has 0 saturated carbocycles. The molecular weight excluding hydrogens is 262 g/mol. The van der Waals surface area contributed by atoms with Crippen LogP contribution in [0.25, 0.3) is 0 Å². The summed E-state index contributed by atoms with van der Waals surface area (Å²) in [4.78, 5) is 0. The molecule has 0 aliphatic carbocycles. The van der Waals surface area contributed by atoms with Gasteiger partial charge in [-0.25, -0.2) is 0 Å². The van der Waals surface area contributed by atoms with Crippen LogP contribution in [0.5, 0.6) is 11.5 Å². The lowest BCUT2D eigenvalue weighted by atomic mass is 10.1. The Morgan fingerprint density at radius 3 is 2.33 bits per heavy atom. The second kappa shape index (κ2) is 7.70. The van der Waals surface area contributed by atoms with Gasteiger partial charge >= 0.3 is 0 Å². The van der Waals surface area contributed by atoms with Gasteiger partial charge in [0, 0.05) is 0 Å². The minimum absolute atomic E-state index is 0.540. The highest BCUT2D eigenvalue weighted by molar-refractivity contribution is 5.43. The fourth-order valence-electron chi connectivity index (χ4n) is 2.14. The van der Waals surface area contributed by atoms with E-state index in [9.17, 15) is 0 Å². The van der Waals surface area contributed by atoms with E-state index in [1.165, 1.54) is 11.1 Å². The van der Waals surface area contributed by atoms with Crippen molar-refractivity contribution >= 4 is 0 Å². The molecule has 0 amide bonds. The summed E-state index contributed by atoms with van der Waals surface area (Å²) in [5, 5.41) is 0. The highest BCUT2D eigenvalue weighted by Gasteiger charge is 2.06. The van der Waals surface area contributed by atoms with Crippen molar-refractivity contribution in [2.24, 2.45) is 5.73 Å². The third-order valence-corrected chi connectivity index (χ3v) is 3.41. The molecule has 0 radical (unpaired) electrons. The van der Waals surface area contributed by atoms with Crippen molar-refractivity contribution in [3.63, 3.8) is 0 Å². The van der Waals surface area contributed by atoms with Crippen molar-refractivity contribution in [2.75, 3.05) is 13.7 Å². The zero-order valence-electron chi connectivity index (χ0n) is 12.8. The van der Waals surface area contributed by atoms with Crippen LogP contribution < -0.4 is 15.2 Å². The van der Waals surface area contributed by atoms with Crippen molar-refractivity contribution in [2.45, 2.75) is 26.4 Å². The van der Waals surface area contributed by atoms with Crippen LogP contribution in [0.15, 0.2) is 42.5 Å². The van der Waals surface area contributed by atoms with Gasteiger partial charge in [0.15, 0.2) is 11.5 Å². The molecule has 21 heavy (non-hydrogen) atoms. The minimum Gasteiger partial charge on any atom is -0.493 e. The molecule has 3 heteroatoms. The average Bonchev–Trinajstić information content (AvgIpc) is 2.52. The number of hydrogen-bond donors (Lipinski definition) is 1. The van der Waals surface area contributed by atoms with Crippen molar-refractivity contribution in [3.8, 4) is 11.5 Å². The fourth-order valence-corrected chi connectivity index (χ4v) is 2.14. The predicted molar refractivity (Wildman–Crippen MR) is 85.9 cm³/mol. The average molecular weight is 285 g/mol. The lowest BCUT2D eigenvalue weighted by molar-refractivity contribution is 0.284. The van der Waals surface area contributed by atoms with Gasteiger partial charge in [0.05, 0.1) is 7.11 Å². The number of aryl methyl sites for hydroxylation is 2. The summed E-state index contributed by atoms with van der Waals surface area (Å²) in [7, 11) is 1.67. The van der Waals surface area contributed by atoms with Gasteiger partial charge in [0.2, 0.25) is 0 Å². The van der Waals surface area contributed by atoms with E-state index in [1.807, 2.05) is 12.1 Å². The van der Waals surface area contributed by atoms with Gasteiger partial charge in [-0.1, -0.05) is 35.9 Å². The van der Waals surface area contributed by atoms with Crippen LogP contribution >= 0.6 is 0 Å². The Hall–Kier alpha value is -2.00. The molecule has 2 rings (SSSR count). The Morgan fingerprint density at radius 2 is 1.67 bits per heavy atom. The van der Waals surface area contributed by atoms with Crippen LogP contribution in [0, 0.1) is 6.92 Å². The Kier molecular flexibility index (Phi) is 5.64. The molecular formula is C18H23NO2. The first kappa shape index (κ1) is 15.4. The van der Waals surface area contributed by atoms with E-state index < -0.39 is 0 Å². The normalized spacial score (nSPS) is 10.4. The first-order valence-electron chi connectivity index (χ1n) is 7.28. The van der Waals surface area contributed by atoms with Crippen molar-refractivity contribution in [3.05, 3.63) is 59.2 Å². The molecule has 2 aromatic rings. The maximum atomic E-state index is 5.86. The number of ether oxygens (including phenoxy) is 2. The summed E-state index contributed by atoms with van der Waals surface area (Å²) in [6.45, 7) is 3.32. The first-order chi connectivity index (χ1) is 10.2. The summed E-state index contributed by atoms with van der Waals surface area (Å²) >= 11 is 0. The third kappa shape index (κ3) is 4.50. The zero-order valence-corrected chi connectivity index (χ0v) is 12.8. The number of benzene rings is 2. The van der Waals surface area contributed by atoms with E-state index in [1.54, 1.807) is 7.11 Å². The highest BCUT2D eigenvalue weighted by Crippen LogP contribution is 2.29. The number of hydrogen-bond acceptors (Lipinski definition) is 3. The van der Waals surface area contributed by atoms with E-state index in [2.05, 4.69) is 37.3 Å². The van der Waals surface area contributed by atoms with E-state index >= 15 is 0 Å². The van der Waals surface area contributed by atoms with E-state index in [0.717, 1.165) is 29.9 Å². The van der Waals surface area contributed by atoms with Gasteiger partial charge in [-0.05, 0) is 49.6 Å². The molecule has 0 heterocycles. The number of rotatable bonds is 7. The molecule has 0 spiro atoms. The van der Waals surface area contributed by atoms with Gasteiger partial charge in [0.1, 0.15) is 6.61 Å². The molecule has 0 fully saturated rings. The van der Waals surface area contributed by atoms with Gasteiger partial charge in [-0.3, -0.25) is 0 Å². The Bertz CT molecular complexity index is 564. The molecule has 0 aromatic heterocycles. The van der Waals surface area contributed by atoms with Crippen LogP contribution in [0.3, 0.4) is 0 Å². The second-order valence-electron chi connectivity index (χ2n) is 5.15. The molecule has 0 unspecified atom stereocenters. The number of nitrogens with two attached hydrogens (primary N) is 1. The first-order valence-corrected chi connectivity index (χ1v) is 7.28. The van der Waals surface area contributed by atoms with Crippen LogP contribution in [0.1, 0.15) is 23.1 Å². The zero-order chi connectivity index (χ0) is 15.1. The van der Waals surface area contributed by atoms with Gasteiger partial charge < -0.3 is 15.2 Å². The second-order valence-corrected chi connectivity index (χ2v) is 5.15. The lowest BCUT2D eigenvalue weighted by Crippen LogP contribution is -2.01. The predicted octanol–water partition coefficient (Wildman–Crippen LogP) is 3.47.